The molecule has 132 valence electrons. The number of benzene rings is 1. The van der Waals surface area contributed by atoms with Crippen LogP contribution >= 0.6 is 0 Å². The largest absolute Gasteiger partial charge is 0.493 e. The summed E-state index contributed by atoms with van der Waals surface area (Å²) >= 11 is 0. The summed E-state index contributed by atoms with van der Waals surface area (Å²) in [5, 5.41) is 3.54. The fourth-order valence-electron chi connectivity index (χ4n) is 2.78. The van der Waals surface area contributed by atoms with Crippen LogP contribution in [0.2, 0.25) is 0 Å². The summed E-state index contributed by atoms with van der Waals surface area (Å²) in [5.41, 5.74) is 1.28. The van der Waals surface area contributed by atoms with E-state index < -0.39 is 0 Å². The van der Waals surface area contributed by atoms with Gasteiger partial charge in [0.25, 0.3) is 0 Å². The minimum Gasteiger partial charge on any atom is -0.493 e. The molecule has 0 heterocycles. The normalized spacial score (nSPS) is 10.7. The van der Waals surface area contributed by atoms with Gasteiger partial charge in [0.15, 0.2) is 11.5 Å². The van der Waals surface area contributed by atoms with Gasteiger partial charge in [-0.25, -0.2) is 0 Å². The molecule has 1 aromatic carbocycles. The van der Waals surface area contributed by atoms with Crippen molar-refractivity contribution in [3.8, 4) is 11.5 Å². The van der Waals surface area contributed by atoms with E-state index in [0.717, 1.165) is 31.0 Å². The van der Waals surface area contributed by atoms with Crippen LogP contribution < -0.4 is 14.8 Å². The van der Waals surface area contributed by atoms with Crippen molar-refractivity contribution in [1.29, 1.82) is 0 Å². The molecule has 0 aliphatic rings. The highest BCUT2D eigenvalue weighted by Crippen LogP contribution is 2.27. The topological polar surface area (TPSA) is 30.5 Å². The van der Waals surface area contributed by atoms with Crippen LogP contribution in [0.4, 0.5) is 0 Å². The lowest BCUT2D eigenvalue weighted by atomic mass is 10.1. The lowest BCUT2D eigenvalue weighted by Crippen LogP contribution is -2.18. The van der Waals surface area contributed by atoms with Crippen molar-refractivity contribution in [2.24, 2.45) is 0 Å². The van der Waals surface area contributed by atoms with E-state index in [2.05, 4.69) is 24.4 Å². The van der Waals surface area contributed by atoms with Crippen molar-refractivity contribution in [1.82, 2.24) is 5.32 Å². The van der Waals surface area contributed by atoms with Gasteiger partial charge in [-0.2, -0.15) is 0 Å². The van der Waals surface area contributed by atoms with Crippen molar-refractivity contribution < 1.29 is 9.47 Å². The minimum atomic E-state index is 0.795. The van der Waals surface area contributed by atoms with Gasteiger partial charge in [0.1, 0.15) is 0 Å². The first-order valence-corrected chi connectivity index (χ1v) is 9.23. The molecule has 3 heteroatoms. The van der Waals surface area contributed by atoms with Crippen molar-refractivity contribution in [3.63, 3.8) is 0 Å². The molecular weight excluding hydrogens is 286 g/mol. The van der Waals surface area contributed by atoms with Gasteiger partial charge in [0, 0.05) is 0 Å². The van der Waals surface area contributed by atoms with Gasteiger partial charge in [-0.1, -0.05) is 57.9 Å². The van der Waals surface area contributed by atoms with Gasteiger partial charge in [-0.15, -0.1) is 0 Å². The Balaban J connectivity index is 2.03. The second-order valence-corrected chi connectivity index (χ2v) is 6.16. The third-order valence-corrected chi connectivity index (χ3v) is 4.25. The number of nitrogens with one attached hydrogen (secondary N) is 1. The van der Waals surface area contributed by atoms with Gasteiger partial charge in [0.2, 0.25) is 0 Å². The number of hydrogen-bond acceptors (Lipinski definition) is 3. The highest BCUT2D eigenvalue weighted by Gasteiger charge is 2.04. The minimum absolute atomic E-state index is 0.795. The Morgan fingerprint density at radius 2 is 1.43 bits per heavy atom. The summed E-state index contributed by atoms with van der Waals surface area (Å²) in [6, 6.07) is 6.16. The second-order valence-electron chi connectivity index (χ2n) is 6.16. The number of ether oxygens (including phenoxy) is 2. The molecule has 3 nitrogen and oxygen atoms in total. The van der Waals surface area contributed by atoms with E-state index in [1.807, 2.05) is 6.07 Å². The van der Waals surface area contributed by atoms with Crippen molar-refractivity contribution in [2.45, 2.75) is 64.7 Å². The summed E-state index contributed by atoms with van der Waals surface area (Å²) in [6.45, 7) is 4.42. The molecule has 0 aliphatic heterocycles. The lowest BCUT2D eigenvalue weighted by Gasteiger charge is -2.10. The summed E-state index contributed by atoms with van der Waals surface area (Å²) in [6.07, 6.45) is 12.0. The van der Waals surface area contributed by atoms with Gasteiger partial charge in [-0.05, 0) is 43.6 Å². The average Bonchev–Trinajstić information content (AvgIpc) is 2.59. The van der Waals surface area contributed by atoms with Crippen LogP contribution in [0.3, 0.4) is 0 Å². The van der Waals surface area contributed by atoms with E-state index in [1.165, 1.54) is 56.9 Å². The SMILES string of the molecule is CCCCCCCCCCNCCc1ccc(OC)c(OC)c1. The van der Waals surface area contributed by atoms with Gasteiger partial charge in [-0.3, -0.25) is 0 Å². The van der Waals surface area contributed by atoms with Crippen LogP contribution in [0.1, 0.15) is 63.9 Å². The monoisotopic (exact) mass is 321 g/mol. The third-order valence-electron chi connectivity index (χ3n) is 4.25. The zero-order valence-corrected chi connectivity index (χ0v) is 15.3. The molecule has 0 atom stereocenters. The van der Waals surface area contributed by atoms with E-state index in [4.69, 9.17) is 9.47 Å². The molecule has 0 bridgehead atoms. The molecule has 1 rings (SSSR count). The predicted molar refractivity (Wildman–Crippen MR) is 98.7 cm³/mol. The van der Waals surface area contributed by atoms with Crippen LogP contribution in [-0.4, -0.2) is 27.3 Å². The van der Waals surface area contributed by atoms with Gasteiger partial charge in [0.05, 0.1) is 14.2 Å². The third kappa shape index (κ3) is 8.85. The number of hydrogen-bond donors (Lipinski definition) is 1. The predicted octanol–water partition coefficient (Wildman–Crippen LogP) is 4.98. The molecule has 0 aliphatic carbocycles. The standard InChI is InChI=1S/C20H35NO2/c1-4-5-6-7-8-9-10-11-15-21-16-14-18-12-13-19(22-2)20(17-18)23-3/h12-13,17,21H,4-11,14-16H2,1-3H3. The second kappa shape index (κ2) is 13.2. The van der Waals surface area contributed by atoms with E-state index >= 15 is 0 Å². The van der Waals surface area contributed by atoms with E-state index in [0.29, 0.717) is 0 Å². The maximum Gasteiger partial charge on any atom is 0.160 e. The van der Waals surface area contributed by atoms with Crippen molar-refractivity contribution >= 4 is 0 Å². The smallest absolute Gasteiger partial charge is 0.160 e. The first-order chi connectivity index (χ1) is 11.3. The first-order valence-electron chi connectivity index (χ1n) is 9.23. The van der Waals surface area contributed by atoms with E-state index in [-0.39, 0.29) is 0 Å². The summed E-state index contributed by atoms with van der Waals surface area (Å²) in [4.78, 5) is 0. The van der Waals surface area contributed by atoms with E-state index in [9.17, 15) is 0 Å². The number of methoxy groups -OCH3 is 2. The summed E-state index contributed by atoms with van der Waals surface area (Å²) < 4.78 is 10.6. The molecule has 0 amide bonds. The van der Waals surface area contributed by atoms with Crippen LogP contribution in [0.25, 0.3) is 0 Å². The Bertz CT molecular complexity index is 407. The molecule has 1 aromatic rings. The Morgan fingerprint density at radius 3 is 2.09 bits per heavy atom. The fourth-order valence-corrected chi connectivity index (χ4v) is 2.78. The van der Waals surface area contributed by atoms with E-state index in [1.54, 1.807) is 14.2 Å². The van der Waals surface area contributed by atoms with Crippen molar-refractivity contribution in [3.05, 3.63) is 23.8 Å². The maximum atomic E-state index is 5.34. The van der Waals surface area contributed by atoms with Crippen LogP contribution in [0.15, 0.2) is 18.2 Å². The molecule has 0 unspecified atom stereocenters. The quantitative estimate of drug-likeness (QED) is 0.490. The number of rotatable bonds is 14. The average molecular weight is 322 g/mol. The zero-order chi connectivity index (χ0) is 16.8. The lowest BCUT2D eigenvalue weighted by molar-refractivity contribution is 0.354. The summed E-state index contributed by atoms with van der Waals surface area (Å²) in [5.74, 6) is 1.61. The molecule has 0 radical (unpaired) electrons. The first kappa shape index (κ1) is 19.8. The van der Waals surface area contributed by atoms with Crippen LogP contribution in [0.5, 0.6) is 11.5 Å². The maximum absolute atomic E-state index is 5.34. The zero-order valence-electron chi connectivity index (χ0n) is 15.3. The molecule has 0 saturated heterocycles. The molecule has 1 N–H and O–H groups in total. The van der Waals surface area contributed by atoms with Gasteiger partial charge >= 0.3 is 0 Å². The molecule has 0 fully saturated rings. The Labute approximate surface area is 142 Å². The molecular formula is C20H35NO2. The number of unbranched alkanes of at least 4 members (excludes halogenated alkanes) is 7. The van der Waals surface area contributed by atoms with Crippen LogP contribution in [0, 0.1) is 0 Å². The fraction of sp³-hybridized carbons (Fsp3) is 0.700. The molecule has 23 heavy (non-hydrogen) atoms. The highest BCUT2D eigenvalue weighted by molar-refractivity contribution is 5.42. The van der Waals surface area contributed by atoms with Gasteiger partial charge < -0.3 is 14.8 Å². The molecule has 0 saturated carbocycles. The Morgan fingerprint density at radius 1 is 0.783 bits per heavy atom. The Kier molecular flexibility index (Phi) is 11.4. The Hall–Kier alpha value is -1.22. The molecule has 0 aromatic heterocycles. The summed E-state index contributed by atoms with van der Waals surface area (Å²) in [7, 11) is 3.35. The van der Waals surface area contributed by atoms with Crippen LogP contribution in [-0.2, 0) is 6.42 Å². The highest BCUT2D eigenvalue weighted by atomic mass is 16.5. The van der Waals surface area contributed by atoms with Crippen molar-refractivity contribution in [2.75, 3.05) is 27.3 Å². The molecule has 0 spiro atoms.